The van der Waals surface area contributed by atoms with Crippen LogP contribution in [0.2, 0.25) is 0 Å². The average molecular weight is 420 g/mol. The average Bonchev–Trinajstić information content (AvgIpc) is 3.34. The Balaban J connectivity index is 1.73. The summed E-state index contributed by atoms with van der Waals surface area (Å²) in [5.74, 6) is 0.221. The molecular weight excluding hydrogens is 390 g/mol. The summed E-state index contributed by atoms with van der Waals surface area (Å²) in [5, 5.41) is 0. The molecule has 0 aromatic heterocycles. The molecule has 0 N–H and O–H groups in total. The van der Waals surface area contributed by atoms with Crippen LogP contribution in [0.5, 0.6) is 5.75 Å². The molecule has 2 amide bonds. The molecule has 4 rings (SSSR count). The summed E-state index contributed by atoms with van der Waals surface area (Å²) in [6.07, 6.45) is 2.12. The number of rotatable bonds is 6. The Kier molecular flexibility index (Phi) is 5.72. The van der Waals surface area contributed by atoms with E-state index in [1.54, 1.807) is 0 Å². The molecule has 1 fully saturated rings. The van der Waals surface area contributed by atoms with Crippen LogP contribution in [0.25, 0.3) is 5.57 Å². The number of carbonyl (C=O) groups excluding carboxylic acids is 2. The summed E-state index contributed by atoms with van der Waals surface area (Å²) >= 11 is 0. The Bertz CT molecular complexity index is 1000. The van der Waals surface area contributed by atoms with E-state index in [-0.39, 0.29) is 17.9 Å². The number of likely N-dealkylation sites (tertiary alicyclic amines) is 1. The summed E-state index contributed by atoms with van der Waals surface area (Å²) in [4.78, 5) is 32.4. The number of imide groups is 1. The lowest BCUT2D eigenvalue weighted by atomic mass is 10.0. The minimum absolute atomic E-state index is 0.0699. The number of carbonyl (C=O) groups is 2. The third-order valence-electron chi connectivity index (χ3n) is 5.62. The van der Waals surface area contributed by atoms with Gasteiger partial charge in [0, 0.05) is 32.9 Å². The van der Waals surface area contributed by atoms with Crippen molar-refractivity contribution in [2.75, 3.05) is 37.0 Å². The monoisotopic (exact) mass is 419 g/mol. The first-order valence-electron chi connectivity index (χ1n) is 10.8. The number of hydrogen-bond acceptors (Lipinski definition) is 5. The Hall–Kier alpha value is -3.28. The van der Waals surface area contributed by atoms with Crippen molar-refractivity contribution < 1.29 is 14.3 Å². The van der Waals surface area contributed by atoms with Crippen molar-refractivity contribution in [1.82, 2.24) is 4.90 Å². The summed E-state index contributed by atoms with van der Waals surface area (Å²) in [6.45, 7) is 5.53. The van der Waals surface area contributed by atoms with Crippen LogP contribution in [0.4, 0.5) is 11.4 Å². The summed E-state index contributed by atoms with van der Waals surface area (Å²) in [6, 6.07) is 14.9. The molecule has 1 saturated heterocycles. The van der Waals surface area contributed by atoms with Gasteiger partial charge in [-0.3, -0.25) is 9.59 Å². The van der Waals surface area contributed by atoms with E-state index >= 15 is 0 Å². The van der Waals surface area contributed by atoms with Crippen LogP contribution in [-0.4, -0.2) is 50.0 Å². The van der Waals surface area contributed by atoms with Crippen molar-refractivity contribution in [2.45, 2.75) is 32.8 Å². The maximum atomic E-state index is 13.5. The van der Waals surface area contributed by atoms with Crippen molar-refractivity contribution in [3.63, 3.8) is 0 Å². The minimum atomic E-state index is -0.276. The summed E-state index contributed by atoms with van der Waals surface area (Å²) in [5.41, 5.74) is 3.32. The highest BCUT2D eigenvalue weighted by molar-refractivity contribution is 6.45. The zero-order valence-corrected chi connectivity index (χ0v) is 18.6. The molecule has 2 aromatic rings. The number of benzene rings is 2. The molecule has 0 unspecified atom stereocenters. The number of hydrogen-bond donors (Lipinski definition) is 0. The second-order valence-corrected chi connectivity index (χ2v) is 8.47. The van der Waals surface area contributed by atoms with Gasteiger partial charge in [-0.2, -0.15) is 0 Å². The van der Waals surface area contributed by atoms with Crippen LogP contribution in [0.3, 0.4) is 0 Å². The molecule has 31 heavy (non-hydrogen) atoms. The maximum absolute atomic E-state index is 13.5. The van der Waals surface area contributed by atoms with Crippen molar-refractivity contribution in [3.8, 4) is 5.75 Å². The quantitative estimate of drug-likeness (QED) is 0.665. The van der Waals surface area contributed by atoms with Crippen LogP contribution in [-0.2, 0) is 9.59 Å². The van der Waals surface area contributed by atoms with E-state index in [4.69, 9.17) is 4.74 Å². The Morgan fingerprint density at radius 3 is 2.03 bits per heavy atom. The van der Waals surface area contributed by atoms with Gasteiger partial charge in [-0.05, 0) is 68.7 Å². The number of amides is 2. The zero-order chi connectivity index (χ0) is 22.1. The van der Waals surface area contributed by atoms with Crippen LogP contribution in [0.1, 0.15) is 32.3 Å². The first-order valence-corrected chi connectivity index (χ1v) is 10.8. The molecule has 2 heterocycles. The smallest absolute Gasteiger partial charge is 0.282 e. The molecular formula is C25H29N3O3. The highest BCUT2D eigenvalue weighted by atomic mass is 16.5. The first-order chi connectivity index (χ1) is 14.9. The van der Waals surface area contributed by atoms with Gasteiger partial charge in [0.2, 0.25) is 0 Å². The summed E-state index contributed by atoms with van der Waals surface area (Å²) < 4.78 is 5.73. The van der Waals surface area contributed by atoms with E-state index < -0.39 is 0 Å². The first kappa shape index (κ1) is 21.0. The van der Waals surface area contributed by atoms with Gasteiger partial charge in [0.1, 0.15) is 11.4 Å². The molecule has 162 valence electrons. The van der Waals surface area contributed by atoms with Crippen LogP contribution < -0.4 is 14.5 Å². The third-order valence-corrected chi connectivity index (χ3v) is 5.62. The SMILES string of the molecule is CC(C)Oc1ccc(C2=C(N3CCCC3)C(=O)N(c3ccc(N(C)C)cc3)C2=O)cc1. The van der Waals surface area contributed by atoms with E-state index in [0.717, 1.165) is 42.9 Å². The second-order valence-electron chi connectivity index (χ2n) is 8.47. The normalized spacial score (nSPS) is 16.7. The van der Waals surface area contributed by atoms with Crippen molar-refractivity contribution >= 4 is 28.8 Å². The van der Waals surface area contributed by atoms with Gasteiger partial charge in [-0.15, -0.1) is 0 Å². The fourth-order valence-corrected chi connectivity index (χ4v) is 4.12. The molecule has 0 bridgehead atoms. The van der Waals surface area contributed by atoms with Gasteiger partial charge in [-0.1, -0.05) is 12.1 Å². The number of ether oxygens (including phenoxy) is 1. The molecule has 2 aliphatic heterocycles. The van der Waals surface area contributed by atoms with Crippen LogP contribution >= 0.6 is 0 Å². The van der Waals surface area contributed by atoms with Crippen molar-refractivity contribution in [1.29, 1.82) is 0 Å². The van der Waals surface area contributed by atoms with Crippen LogP contribution in [0, 0.1) is 0 Å². The molecule has 0 aliphatic carbocycles. The van der Waals surface area contributed by atoms with Crippen molar-refractivity contribution in [2.24, 2.45) is 0 Å². The second kappa shape index (κ2) is 8.46. The fraction of sp³-hybridized carbons (Fsp3) is 0.360. The Morgan fingerprint density at radius 1 is 0.871 bits per heavy atom. The lowest BCUT2D eigenvalue weighted by Crippen LogP contribution is -2.34. The summed E-state index contributed by atoms with van der Waals surface area (Å²) in [7, 11) is 3.91. The zero-order valence-electron chi connectivity index (χ0n) is 18.6. The molecule has 0 spiro atoms. The van der Waals surface area contributed by atoms with Gasteiger partial charge in [0.05, 0.1) is 17.4 Å². The third kappa shape index (κ3) is 4.02. The predicted octanol–water partition coefficient (Wildman–Crippen LogP) is 3.92. The number of anilines is 2. The van der Waals surface area contributed by atoms with Crippen LogP contribution in [0.15, 0.2) is 54.2 Å². The largest absolute Gasteiger partial charge is 0.491 e. The molecule has 2 aliphatic rings. The van der Waals surface area contributed by atoms with Gasteiger partial charge >= 0.3 is 0 Å². The minimum Gasteiger partial charge on any atom is -0.491 e. The molecule has 0 atom stereocenters. The lowest BCUT2D eigenvalue weighted by Gasteiger charge is -2.21. The number of nitrogens with zero attached hydrogens (tertiary/aromatic N) is 3. The topological polar surface area (TPSA) is 53.1 Å². The standard InChI is InChI=1S/C25H29N3O3/c1-17(2)31-21-13-7-18(8-14-21)22-23(27-15-5-6-16-27)25(30)28(24(22)29)20-11-9-19(10-12-20)26(3)4/h7-14,17H,5-6,15-16H2,1-4H3. The van der Waals surface area contributed by atoms with E-state index in [2.05, 4.69) is 4.90 Å². The van der Waals surface area contributed by atoms with Gasteiger partial charge in [-0.25, -0.2) is 4.90 Å². The Morgan fingerprint density at radius 2 is 1.48 bits per heavy atom. The van der Waals surface area contributed by atoms with Crippen molar-refractivity contribution in [3.05, 3.63) is 59.8 Å². The van der Waals surface area contributed by atoms with Gasteiger partial charge in [0.15, 0.2) is 0 Å². The molecule has 6 nitrogen and oxygen atoms in total. The predicted molar refractivity (Wildman–Crippen MR) is 123 cm³/mol. The van der Waals surface area contributed by atoms with Gasteiger partial charge < -0.3 is 14.5 Å². The van der Waals surface area contributed by atoms with E-state index in [1.165, 1.54) is 4.90 Å². The maximum Gasteiger partial charge on any atom is 0.282 e. The van der Waals surface area contributed by atoms with E-state index in [0.29, 0.717) is 17.0 Å². The van der Waals surface area contributed by atoms with Gasteiger partial charge in [0.25, 0.3) is 11.8 Å². The molecule has 0 radical (unpaired) electrons. The van der Waals surface area contributed by atoms with E-state index in [9.17, 15) is 9.59 Å². The molecule has 0 saturated carbocycles. The highest BCUT2D eigenvalue weighted by Gasteiger charge is 2.42. The fourth-order valence-electron chi connectivity index (χ4n) is 4.12. The lowest BCUT2D eigenvalue weighted by molar-refractivity contribution is -0.120. The van der Waals surface area contributed by atoms with E-state index in [1.807, 2.05) is 81.4 Å². The molecule has 6 heteroatoms. The Labute approximate surface area is 183 Å². The highest BCUT2D eigenvalue weighted by Crippen LogP contribution is 2.37. The molecule has 2 aromatic carbocycles.